The number of hydrogen-bond acceptors (Lipinski definition) is 4. The molecule has 0 saturated heterocycles. The van der Waals surface area contributed by atoms with Crippen molar-refractivity contribution in [1.29, 1.82) is 0 Å². The van der Waals surface area contributed by atoms with Crippen molar-refractivity contribution in [3.05, 3.63) is 114 Å². The van der Waals surface area contributed by atoms with Gasteiger partial charge in [0.25, 0.3) is 15.9 Å². The van der Waals surface area contributed by atoms with Gasteiger partial charge in [-0.3, -0.25) is 9.52 Å². The van der Waals surface area contributed by atoms with Crippen LogP contribution in [0, 0.1) is 0 Å². The molecule has 1 N–H and O–H groups in total. The molecule has 0 spiro atoms. The second kappa shape index (κ2) is 11.2. The Bertz CT molecular complexity index is 1200. The Labute approximate surface area is 194 Å². The maximum atomic E-state index is 13.0. The van der Waals surface area contributed by atoms with Crippen molar-refractivity contribution in [2.75, 3.05) is 18.4 Å². The fourth-order valence-corrected chi connectivity index (χ4v) is 3.99. The molecule has 0 unspecified atom stereocenters. The Morgan fingerprint density at radius 3 is 2.27 bits per heavy atom. The van der Waals surface area contributed by atoms with E-state index in [9.17, 15) is 13.2 Å². The number of carbonyl (C=O) groups excluding carboxylic acids is 1. The standard InChI is InChI=1S/C26H26N2O4S/c1-3-18-28(20-22-9-15-25(32-2)16-10-22)26(29)23-11-13-24(14-12-23)27-33(30,31)19-17-21-7-5-4-6-8-21/h3-17,19,27H,1,18,20H2,2H3/b19-17+. The number of ether oxygens (including phenoxy) is 1. The van der Waals surface area contributed by atoms with E-state index in [1.54, 1.807) is 42.4 Å². The van der Waals surface area contributed by atoms with E-state index in [1.165, 1.54) is 6.08 Å². The first-order valence-corrected chi connectivity index (χ1v) is 11.8. The second-order valence-electron chi connectivity index (χ2n) is 7.26. The Balaban J connectivity index is 1.68. The number of methoxy groups -OCH3 is 1. The topological polar surface area (TPSA) is 75.7 Å². The molecule has 0 atom stereocenters. The molecule has 0 aromatic heterocycles. The highest BCUT2D eigenvalue weighted by molar-refractivity contribution is 7.95. The fourth-order valence-electron chi connectivity index (χ4n) is 3.12. The molecular weight excluding hydrogens is 436 g/mol. The molecule has 3 rings (SSSR count). The van der Waals surface area contributed by atoms with E-state index in [1.807, 2.05) is 54.6 Å². The van der Waals surface area contributed by atoms with Crippen LogP contribution in [0.3, 0.4) is 0 Å². The van der Waals surface area contributed by atoms with Gasteiger partial charge in [-0.1, -0.05) is 48.5 Å². The Morgan fingerprint density at radius 1 is 1.00 bits per heavy atom. The Morgan fingerprint density at radius 2 is 1.67 bits per heavy atom. The zero-order chi connectivity index (χ0) is 23.7. The highest BCUT2D eigenvalue weighted by Gasteiger charge is 2.16. The minimum Gasteiger partial charge on any atom is -0.497 e. The summed E-state index contributed by atoms with van der Waals surface area (Å²) in [6.45, 7) is 4.53. The first kappa shape index (κ1) is 23.8. The van der Waals surface area contributed by atoms with E-state index in [4.69, 9.17) is 4.74 Å². The molecule has 170 valence electrons. The monoisotopic (exact) mass is 462 g/mol. The molecule has 6 nitrogen and oxygen atoms in total. The first-order valence-electron chi connectivity index (χ1n) is 10.3. The third kappa shape index (κ3) is 7.08. The van der Waals surface area contributed by atoms with E-state index in [0.717, 1.165) is 22.3 Å². The van der Waals surface area contributed by atoms with Gasteiger partial charge >= 0.3 is 0 Å². The lowest BCUT2D eigenvalue weighted by Crippen LogP contribution is -2.30. The largest absolute Gasteiger partial charge is 0.497 e. The average molecular weight is 463 g/mol. The minimum atomic E-state index is -3.69. The van der Waals surface area contributed by atoms with Gasteiger partial charge in [0, 0.05) is 24.3 Å². The maximum Gasteiger partial charge on any atom is 0.255 e. The van der Waals surface area contributed by atoms with Gasteiger partial charge in [-0.05, 0) is 53.6 Å². The van der Waals surface area contributed by atoms with E-state index in [2.05, 4.69) is 11.3 Å². The van der Waals surface area contributed by atoms with Crippen molar-refractivity contribution in [2.24, 2.45) is 0 Å². The highest BCUT2D eigenvalue weighted by atomic mass is 32.2. The molecule has 0 heterocycles. The molecule has 0 bridgehead atoms. The number of amides is 1. The zero-order valence-corrected chi connectivity index (χ0v) is 19.2. The molecule has 3 aromatic carbocycles. The van der Waals surface area contributed by atoms with Gasteiger partial charge in [0.2, 0.25) is 0 Å². The predicted octanol–water partition coefficient (Wildman–Crippen LogP) is 4.94. The fraction of sp³-hybridized carbons (Fsp3) is 0.115. The molecule has 0 fully saturated rings. The van der Waals surface area contributed by atoms with Crippen molar-refractivity contribution in [3.8, 4) is 5.75 Å². The van der Waals surface area contributed by atoms with Crippen LogP contribution >= 0.6 is 0 Å². The van der Waals surface area contributed by atoms with E-state index < -0.39 is 10.0 Å². The minimum absolute atomic E-state index is 0.177. The van der Waals surface area contributed by atoms with E-state index in [0.29, 0.717) is 24.3 Å². The molecular formula is C26H26N2O4S. The number of benzene rings is 3. The third-order valence-electron chi connectivity index (χ3n) is 4.80. The molecule has 3 aromatic rings. The number of rotatable bonds is 10. The molecule has 0 saturated carbocycles. The maximum absolute atomic E-state index is 13.0. The lowest BCUT2D eigenvalue weighted by atomic mass is 10.1. The summed E-state index contributed by atoms with van der Waals surface area (Å²) < 4.78 is 32.3. The molecule has 33 heavy (non-hydrogen) atoms. The van der Waals surface area contributed by atoms with Crippen LogP contribution in [0.5, 0.6) is 5.75 Å². The quantitative estimate of drug-likeness (QED) is 0.433. The van der Waals surface area contributed by atoms with Crippen molar-refractivity contribution in [1.82, 2.24) is 4.90 Å². The number of nitrogens with one attached hydrogen (secondary N) is 1. The van der Waals surface area contributed by atoms with E-state index >= 15 is 0 Å². The van der Waals surface area contributed by atoms with Crippen LogP contribution in [-0.4, -0.2) is 32.9 Å². The van der Waals surface area contributed by atoms with Gasteiger partial charge in [-0.2, -0.15) is 0 Å². The number of anilines is 1. The van der Waals surface area contributed by atoms with Crippen LogP contribution in [0.4, 0.5) is 5.69 Å². The van der Waals surface area contributed by atoms with Crippen molar-refractivity contribution < 1.29 is 17.9 Å². The summed E-state index contributed by atoms with van der Waals surface area (Å²) in [5.41, 5.74) is 2.56. The summed E-state index contributed by atoms with van der Waals surface area (Å²) in [5, 5.41) is 1.11. The lowest BCUT2D eigenvalue weighted by Gasteiger charge is -2.21. The molecule has 0 aliphatic carbocycles. The number of hydrogen-bond donors (Lipinski definition) is 1. The summed E-state index contributed by atoms with van der Waals surface area (Å²) in [5.74, 6) is 0.570. The zero-order valence-electron chi connectivity index (χ0n) is 18.3. The van der Waals surface area contributed by atoms with Crippen molar-refractivity contribution >= 4 is 27.7 Å². The SMILES string of the molecule is C=CCN(Cc1ccc(OC)cc1)C(=O)c1ccc(NS(=O)(=O)/C=C/c2ccccc2)cc1. The van der Waals surface area contributed by atoms with Gasteiger partial charge in [-0.15, -0.1) is 6.58 Å². The molecule has 0 aliphatic rings. The van der Waals surface area contributed by atoms with Gasteiger partial charge in [0.15, 0.2) is 0 Å². The van der Waals surface area contributed by atoms with Crippen LogP contribution in [0.25, 0.3) is 6.08 Å². The molecule has 1 amide bonds. The Hall–Kier alpha value is -3.84. The smallest absolute Gasteiger partial charge is 0.255 e. The summed E-state index contributed by atoms with van der Waals surface area (Å²) >= 11 is 0. The van der Waals surface area contributed by atoms with Crippen LogP contribution in [-0.2, 0) is 16.6 Å². The predicted molar refractivity (Wildman–Crippen MR) is 132 cm³/mol. The van der Waals surface area contributed by atoms with Crippen LogP contribution in [0.15, 0.2) is 96.9 Å². The summed E-state index contributed by atoms with van der Waals surface area (Å²) in [6, 6.07) is 23.0. The summed E-state index contributed by atoms with van der Waals surface area (Å²) in [4.78, 5) is 14.7. The van der Waals surface area contributed by atoms with Crippen LogP contribution in [0.1, 0.15) is 21.5 Å². The van der Waals surface area contributed by atoms with Crippen LogP contribution < -0.4 is 9.46 Å². The van der Waals surface area contributed by atoms with Crippen molar-refractivity contribution in [3.63, 3.8) is 0 Å². The summed E-state index contributed by atoms with van der Waals surface area (Å²) in [6.07, 6.45) is 3.19. The van der Waals surface area contributed by atoms with E-state index in [-0.39, 0.29) is 5.91 Å². The van der Waals surface area contributed by atoms with Gasteiger partial charge in [-0.25, -0.2) is 8.42 Å². The average Bonchev–Trinajstić information content (AvgIpc) is 2.83. The van der Waals surface area contributed by atoms with Gasteiger partial charge in [0.1, 0.15) is 5.75 Å². The second-order valence-corrected chi connectivity index (χ2v) is 8.83. The van der Waals surface area contributed by atoms with Crippen LogP contribution in [0.2, 0.25) is 0 Å². The molecule has 0 aliphatic heterocycles. The number of carbonyl (C=O) groups is 1. The highest BCUT2D eigenvalue weighted by Crippen LogP contribution is 2.17. The third-order valence-corrected chi connectivity index (χ3v) is 5.81. The van der Waals surface area contributed by atoms with Gasteiger partial charge < -0.3 is 9.64 Å². The first-order chi connectivity index (χ1) is 15.9. The van der Waals surface area contributed by atoms with Gasteiger partial charge in [0.05, 0.1) is 12.5 Å². The molecule has 7 heteroatoms. The summed E-state index contributed by atoms with van der Waals surface area (Å²) in [7, 11) is -2.08. The Kier molecular flexibility index (Phi) is 8.05. The lowest BCUT2D eigenvalue weighted by molar-refractivity contribution is 0.0762. The molecule has 0 radical (unpaired) electrons. The normalized spacial score (nSPS) is 11.2. The number of nitrogens with zero attached hydrogens (tertiary/aromatic N) is 1. The number of sulfonamides is 1. The van der Waals surface area contributed by atoms with Crippen molar-refractivity contribution in [2.45, 2.75) is 6.54 Å².